The van der Waals surface area contributed by atoms with Crippen LogP contribution in [0.25, 0.3) is 11.3 Å². The van der Waals surface area contributed by atoms with Gasteiger partial charge in [0.15, 0.2) is 0 Å². The van der Waals surface area contributed by atoms with Crippen molar-refractivity contribution in [1.82, 2.24) is 9.78 Å². The molecule has 1 heterocycles. The molecule has 0 saturated carbocycles. The number of halogens is 2. The van der Waals surface area contributed by atoms with Gasteiger partial charge < -0.3 is 0 Å². The van der Waals surface area contributed by atoms with Crippen molar-refractivity contribution in [2.45, 2.75) is 6.55 Å². The van der Waals surface area contributed by atoms with Gasteiger partial charge in [0.1, 0.15) is 0 Å². The number of alkyl halides is 2. The Kier molecular flexibility index (Phi) is 2.26. The van der Waals surface area contributed by atoms with Crippen LogP contribution in [0.5, 0.6) is 0 Å². The average molecular weight is 194 g/mol. The lowest BCUT2D eigenvalue weighted by molar-refractivity contribution is 0.0585. The summed E-state index contributed by atoms with van der Waals surface area (Å²) in [6.45, 7) is -2.60. The highest BCUT2D eigenvalue weighted by Crippen LogP contribution is 2.22. The van der Waals surface area contributed by atoms with Gasteiger partial charge in [0.25, 0.3) is 0 Å². The van der Waals surface area contributed by atoms with Crippen LogP contribution in [0.3, 0.4) is 0 Å². The second-order valence-corrected chi connectivity index (χ2v) is 2.80. The van der Waals surface area contributed by atoms with E-state index in [-0.39, 0.29) is 0 Å². The molecule has 0 amide bonds. The third-order valence-corrected chi connectivity index (χ3v) is 1.92. The van der Waals surface area contributed by atoms with Crippen LogP contribution in [0, 0.1) is 0 Å². The van der Waals surface area contributed by atoms with Crippen LogP contribution in [-0.4, -0.2) is 9.78 Å². The van der Waals surface area contributed by atoms with Gasteiger partial charge in [-0.25, -0.2) is 4.68 Å². The Balaban J connectivity index is 2.47. The maximum Gasteiger partial charge on any atom is 0.333 e. The fraction of sp³-hybridized carbons (Fsp3) is 0.100. The second kappa shape index (κ2) is 3.57. The summed E-state index contributed by atoms with van der Waals surface area (Å²) in [5.41, 5.74) is 1.17. The first kappa shape index (κ1) is 8.87. The minimum atomic E-state index is -2.60. The Hall–Kier alpha value is -1.71. The van der Waals surface area contributed by atoms with E-state index in [9.17, 15) is 8.78 Å². The van der Waals surface area contributed by atoms with E-state index in [1.165, 1.54) is 6.20 Å². The Labute approximate surface area is 79.8 Å². The maximum absolute atomic E-state index is 12.4. The number of hydrogen-bond donors (Lipinski definition) is 0. The van der Waals surface area contributed by atoms with E-state index < -0.39 is 6.55 Å². The van der Waals surface area contributed by atoms with Crippen LogP contribution in [0.2, 0.25) is 0 Å². The van der Waals surface area contributed by atoms with Gasteiger partial charge in [-0.3, -0.25) is 0 Å². The predicted molar refractivity (Wildman–Crippen MR) is 48.9 cm³/mol. The summed E-state index contributed by atoms with van der Waals surface area (Å²) in [4.78, 5) is 0. The summed E-state index contributed by atoms with van der Waals surface area (Å²) in [6, 6.07) is 10.6. The molecular weight excluding hydrogens is 186 g/mol. The molecule has 1 aromatic heterocycles. The first-order chi connectivity index (χ1) is 6.79. The Bertz CT molecular complexity index is 409. The predicted octanol–water partition coefficient (Wildman–Crippen LogP) is 2.95. The number of hydrogen-bond acceptors (Lipinski definition) is 1. The van der Waals surface area contributed by atoms with E-state index in [1.807, 2.05) is 6.07 Å². The molecule has 0 N–H and O–H groups in total. The highest BCUT2D eigenvalue weighted by molar-refractivity contribution is 5.58. The zero-order valence-electron chi connectivity index (χ0n) is 7.27. The van der Waals surface area contributed by atoms with Crippen molar-refractivity contribution < 1.29 is 8.78 Å². The summed E-state index contributed by atoms with van der Waals surface area (Å²) in [5.74, 6) is 0. The van der Waals surface area contributed by atoms with Crippen molar-refractivity contribution in [2.75, 3.05) is 0 Å². The van der Waals surface area contributed by atoms with Gasteiger partial charge in [0, 0.05) is 11.8 Å². The van der Waals surface area contributed by atoms with Crippen molar-refractivity contribution >= 4 is 0 Å². The zero-order chi connectivity index (χ0) is 9.97. The van der Waals surface area contributed by atoms with Crippen LogP contribution < -0.4 is 0 Å². The number of rotatable bonds is 2. The third-order valence-electron chi connectivity index (χ3n) is 1.92. The van der Waals surface area contributed by atoms with Crippen LogP contribution in [0.1, 0.15) is 6.55 Å². The van der Waals surface area contributed by atoms with Gasteiger partial charge in [-0.2, -0.15) is 13.9 Å². The highest BCUT2D eigenvalue weighted by Gasteiger charge is 2.12. The van der Waals surface area contributed by atoms with Crippen LogP contribution in [-0.2, 0) is 0 Å². The van der Waals surface area contributed by atoms with Gasteiger partial charge in [-0.1, -0.05) is 30.3 Å². The van der Waals surface area contributed by atoms with Gasteiger partial charge >= 0.3 is 6.55 Å². The molecule has 2 nitrogen and oxygen atoms in total. The molecule has 0 unspecified atom stereocenters. The minimum Gasteiger partial charge on any atom is -0.204 e. The highest BCUT2D eigenvalue weighted by atomic mass is 19.3. The lowest BCUT2D eigenvalue weighted by Crippen LogP contribution is -2.01. The van der Waals surface area contributed by atoms with Crippen molar-refractivity contribution in [3.8, 4) is 11.3 Å². The van der Waals surface area contributed by atoms with E-state index in [0.29, 0.717) is 10.4 Å². The van der Waals surface area contributed by atoms with E-state index in [1.54, 1.807) is 30.3 Å². The van der Waals surface area contributed by atoms with Crippen LogP contribution in [0.4, 0.5) is 8.78 Å². The molecule has 0 aliphatic heterocycles. The van der Waals surface area contributed by atoms with E-state index in [4.69, 9.17) is 0 Å². The minimum absolute atomic E-state index is 0.431. The van der Waals surface area contributed by atoms with E-state index in [0.717, 1.165) is 5.56 Å². The van der Waals surface area contributed by atoms with Gasteiger partial charge in [0.05, 0.1) is 5.69 Å². The fourth-order valence-corrected chi connectivity index (χ4v) is 1.31. The second-order valence-electron chi connectivity index (χ2n) is 2.80. The molecule has 0 fully saturated rings. The molecule has 0 saturated heterocycles. The molecule has 4 heteroatoms. The zero-order valence-corrected chi connectivity index (χ0v) is 7.27. The molecule has 1 aromatic carbocycles. The summed E-state index contributed by atoms with van der Waals surface area (Å²) in [7, 11) is 0. The van der Waals surface area contributed by atoms with Crippen molar-refractivity contribution in [3.63, 3.8) is 0 Å². The Morgan fingerprint density at radius 3 is 2.43 bits per heavy atom. The first-order valence-electron chi connectivity index (χ1n) is 4.16. The molecule has 0 atom stereocenters. The third kappa shape index (κ3) is 1.51. The summed E-state index contributed by atoms with van der Waals surface area (Å²) in [6.07, 6.45) is 1.37. The average Bonchev–Trinajstić information content (AvgIpc) is 2.67. The number of aromatic nitrogens is 2. The Morgan fingerprint density at radius 1 is 1.07 bits per heavy atom. The smallest absolute Gasteiger partial charge is 0.204 e. The van der Waals surface area contributed by atoms with Crippen molar-refractivity contribution in [2.24, 2.45) is 0 Å². The Morgan fingerprint density at radius 2 is 1.79 bits per heavy atom. The molecule has 0 radical (unpaired) electrons. The normalized spacial score (nSPS) is 10.8. The summed E-state index contributed by atoms with van der Waals surface area (Å²) >= 11 is 0. The molecule has 0 aliphatic carbocycles. The molecule has 2 aromatic rings. The lowest BCUT2D eigenvalue weighted by atomic mass is 10.1. The fourth-order valence-electron chi connectivity index (χ4n) is 1.31. The quantitative estimate of drug-likeness (QED) is 0.718. The molecule has 2 rings (SSSR count). The lowest BCUT2D eigenvalue weighted by Gasteiger charge is -2.05. The molecule has 72 valence electrons. The summed E-state index contributed by atoms with van der Waals surface area (Å²) in [5, 5.41) is 3.56. The summed E-state index contributed by atoms with van der Waals surface area (Å²) < 4.78 is 25.6. The number of nitrogens with zero attached hydrogens (tertiary/aromatic N) is 2. The van der Waals surface area contributed by atoms with Crippen molar-refractivity contribution in [3.05, 3.63) is 42.6 Å². The first-order valence-corrected chi connectivity index (χ1v) is 4.16. The largest absolute Gasteiger partial charge is 0.333 e. The molecule has 0 bridgehead atoms. The molecular formula is C10H8F2N2. The van der Waals surface area contributed by atoms with Crippen LogP contribution >= 0.6 is 0 Å². The van der Waals surface area contributed by atoms with E-state index in [2.05, 4.69) is 5.10 Å². The topological polar surface area (TPSA) is 17.8 Å². The molecule has 0 aliphatic rings. The van der Waals surface area contributed by atoms with Gasteiger partial charge in [0.2, 0.25) is 0 Å². The van der Waals surface area contributed by atoms with Gasteiger partial charge in [-0.05, 0) is 6.07 Å². The van der Waals surface area contributed by atoms with Gasteiger partial charge in [-0.15, -0.1) is 0 Å². The maximum atomic E-state index is 12.4. The SMILES string of the molecule is FC(F)n1nccc1-c1ccccc1. The molecule has 14 heavy (non-hydrogen) atoms. The number of benzene rings is 1. The molecule has 0 spiro atoms. The standard InChI is InChI=1S/C10H8F2N2/c11-10(12)14-9(6-7-13-14)8-4-2-1-3-5-8/h1-7,10H. The van der Waals surface area contributed by atoms with Crippen molar-refractivity contribution in [1.29, 1.82) is 0 Å². The van der Waals surface area contributed by atoms with E-state index >= 15 is 0 Å². The monoisotopic (exact) mass is 194 g/mol. The van der Waals surface area contributed by atoms with Crippen LogP contribution in [0.15, 0.2) is 42.6 Å².